The third kappa shape index (κ3) is 9.47. The first kappa shape index (κ1) is 31.3. The largest absolute Gasteiger partial charge is 0.504 e. The Balaban J connectivity index is 1.35. The summed E-state index contributed by atoms with van der Waals surface area (Å²) in [6.07, 6.45) is 6.82. The molecular formula is C32H43NO7. The van der Waals surface area contributed by atoms with E-state index in [2.05, 4.69) is 0 Å². The highest BCUT2D eigenvalue weighted by Crippen LogP contribution is 2.34. The molecule has 0 bridgehead atoms. The second kappa shape index (κ2) is 15.6. The van der Waals surface area contributed by atoms with E-state index in [-0.39, 0.29) is 47.9 Å². The minimum atomic E-state index is -1.04. The zero-order valence-electron chi connectivity index (χ0n) is 23.2. The first-order valence-corrected chi connectivity index (χ1v) is 14.2. The molecule has 0 heterocycles. The number of likely N-dealkylation sites (N-methyl/N-ethyl adjacent to an activating group) is 1. The number of amides is 1. The van der Waals surface area contributed by atoms with Crippen LogP contribution in [0.5, 0.6) is 11.5 Å². The highest BCUT2D eigenvalue weighted by Gasteiger charge is 2.39. The smallest absolute Gasteiger partial charge is 0.224 e. The fourth-order valence-corrected chi connectivity index (χ4v) is 5.28. The van der Waals surface area contributed by atoms with Crippen LogP contribution in [0.4, 0.5) is 0 Å². The molecule has 0 saturated heterocycles. The van der Waals surface area contributed by atoms with E-state index in [0.717, 1.165) is 31.2 Å². The van der Waals surface area contributed by atoms with Gasteiger partial charge in [0.25, 0.3) is 0 Å². The van der Waals surface area contributed by atoms with Crippen LogP contribution in [0.1, 0.15) is 62.5 Å². The predicted octanol–water partition coefficient (Wildman–Crippen LogP) is 3.87. The zero-order chi connectivity index (χ0) is 29.1. The van der Waals surface area contributed by atoms with E-state index >= 15 is 0 Å². The SMILES string of the molecule is CN(C(=O)CCCCCC[C@H]1C(=O)C[C@@H](O)[C@@H]1/C=C/[C@@H](O)CCc1ccccc1)C(O)Cc1ccc(O)c(O)c1. The third-order valence-corrected chi connectivity index (χ3v) is 7.81. The van der Waals surface area contributed by atoms with Gasteiger partial charge in [-0.3, -0.25) is 9.59 Å². The first-order valence-electron chi connectivity index (χ1n) is 14.2. The van der Waals surface area contributed by atoms with E-state index in [1.807, 2.05) is 36.4 Å². The minimum Gasteiger partial charge on any atom is -0.504 e. The summed E-state index contributed by atoms with van der Waals surface area (Å²) in [5.41, 5.74) is 1.76. The summed E-state index contributed by atoms with van der Waals surface area (Å²) in [5, 5.41) is 50.2. The van der Waals surface area contributed by atoms with Crippen LogP contribution in [-0.2, 0) is 22.4 Å². The summed E-state index contributed by atoms with van der Waals surface area (Å²) < 4.78 is 0. The molecule has 1 unspecified atom stereocenters. The molecule has 1 aliphatic rings. The van der Waals surface area contributed by atoms with Crippen LogP contribution in [0, 0.1) is 11.8 Å². The summed E-state index contributed by atoms with van der Waals surface area (Å²) in [5.74, 6) is -1.17. The molecule has 1 saturated carbocycles. The fraction of sp³-hybridized carbons (Fsp3) is 0.500. The number of aryl methyl sites for hydroxylation is 1. The Morgan fingerprint density at radius 1 is 1.00 bits per heavy atom. The highest BCUT2D eigenvalue weighted by atomic mass is 16.3. The van der Waals surface area contributed by atoms with E-state index in [4.69, 9.17) is 0 Å². The van der Waals surface area contributed by atoms with Gasteiger partial charge in [-0.15, -0.1) is 0 Å². The van der Waals surface area contributed by atoms with Gasteiger partial charge in [-0.05, 0) is 48.9 Å². The molecule has 1 aliphatic carbocycles. The summed E-state index contributed by atoms with van der Waals surface area (Å²) in [7, 11) is 1.54. The van der Waals surface area contributed by atoms with E-state index in [0.29, 0.717) is 31.2 Å². The number of phenols is 2. The second-order valence-electron chi connectivity index (χ2n) is 10.9. The van der Waals surface area contributed by atoms with Crippen molar-refractivity contribution >= 4 is 11.7 Å². The Morgan fingerprint density at radius 3 is 2.45 bits per heavy atom. The quantitative estimate of drug-likeness (QED) is 0.0977. The molecule has 5 N–H and O–H groups in total. The Labute approximate surface area is 236 Å². The lowest BCUT2D eigenvalue weighted by molar-refractivity contribution is -0.138. The van der Waals surface area contributed by atoms with Crippen molar-refractivity contribution in [3.63, 3.8) is 0 Å². The molecule has 0 aliphatic heterocycles. The Kier molecular flexibility index (Phi) is 12.2. The van der Waals surface area contributed by atoms with Crippen LogP contribution < -0.4 is 0 Å². The van der Waals surface area contributed by atoms with Crippen LogP contribution in [0.15, 0.2) is 60.7 Å². The Bertz CT molecular complexity index is 1120. The van der Waals surface area contributed by atoms with Crippen molar-refractivity contribution in [1.29, 1.82) is 0 Å². The summed E-state index contributed by atoms with van der Waals surface area (Å²) >= 11 is 0. The Morgan fingerprint density at radius 2 is 1.73 bits per heavy atom. The van der Waals surface area contributed by atoms with Crippen molar-refractivity contribution in [2.24, 2.45) is 11.8 Å². The van der Waals surface area contributed by atoms with Crippen molar-refractivity contribution in [3.8, 4) is 11.5 Å². The van der Waals surface area contributed by atoms with Crippen LogP contribution in [-0.4, -0.2) is 67.6 Å². The lowest BCUT2D eigenvalue weighted by Gasteiger charge is -2.24. The molecule has 1 amide bonds. The molecule has 8 nitrogen and oxygen atoms in total. The predicted molar refractivity (Wildman–Crippen MR) is 152 cm³/mol. The van der Waals surface area contributed by atoms with Gasteiger partial charge in [-0.2, -0.15) is 0 Å². The highest BCUT2D eigenvalue weighted by molar-refractivity contribution is 5.84. The number of nitrogens with zero attached hydrogens (tertiary/aromatic N) is 1. The number of carbonyl (C=O) groups excluding carboxylic acids is 2. The van der Waals surface area contributed by atoms with Crippen molar-refractivity contribution in [3.05, 3.63) is 71.8 Å². The van der Waals surface area contributed by atoms with Gasteiger partial charge in [0.2, 0.25) is 5.91 Å². The maximum atomic E-state index is 12.5. The molecule has 0 aromatic heterocycles. The summed E-state index contributed by atoms with van der Waals surface area (Å²) in [6.45, 7) is 0. The van der Waals surface area contributed by atoms with Crippen LogP contribution in [0.3, 0.4) is 0 Å². The van der Waals surface area contributed by atoms with Crippen LogP contribution in [0.25, 0.3) is 0 Å². The number of aliphatic hydroxyl groups excluding tert-OH is 3. The molecule has 40 heavy (non-hydrogen) atoms. The number of ketones is 1. The molecular weight excluding hydrogens is 510 g/mol. The van der Waals surface area contributed by atoms with E-state index in [1.54, 1.807) is 12.1 Å². The van der Waals surface area contributed by atoms with E-state index < -0.39 is 18.4 Å². The molecule has 8 heteroatoms. The van der Waals surface area contributed by atoms with E-state index in [9.17, 15) is 35.1 Å². The summed E-state index contributed by atoms with van der Waals surface area (Å²) in [4.78, 5) is 26.3. The fourth-order valence-electron chi connectivity index (χ4n) is 5.28. The van der Waals surface area contributed by atoms with Gasteiger partial charge >= 0.3 is 0 Å². The number of aliphatic hydroxyl groups is 3. The van der Waals surface area contributed by atoms with Gasteiger partial charge in [-0.25, -0.2) is 0 Å². The number of aromatic hydroxyl groups is 2. The topological polar surface area (TPSA) is 139 Å². The number of unbranched alkanes of at least 4 members (excludes halogenated alkanes) is 3. The number of Topliss-reactive ketones (excluding diaryl/α,β-unsaturated/α-hetero) is 1. The maximum Gasteiger partial charge on any atom is 0.224 e. The number of hydrogen-bond donors (Lipinski definition) is 5. The monoisotopic (exact) mass is 553 g/mol. The number of phenolic OH excluding ortho intramolecular Hbond substituents is 2. The lowest BCUT2D eigenvalue weighted by Crippen LogP contribution is -2.38. The van der Waals surface area contributed by atoms with Gasteiger partial charge in [0.15, 0.2) is 11.5 Å². The van der Waals surface area contributed by atoms with Gasteiger partial charge in [0.05, 0.1) is 12.2 Å². The van der Waals surface area contributed by atoms with Gasteiger partial charge in [0, 0.05) is 38.1 Å². The third-order valence-electron chi connectivity index (χ3n) is 7.81. The van der Waals surface area contributed by atoms with E-state index in [1.165, 1.54) is 24.1 Å². The number of benzene rings is 2. The molecule has 0 spiro atoms. The zero-order valence-corrected chi connectivity index (χ0v) is 23.2. The van der Waals surface area contributed by atoms with Crippen molar-refractivity contribution in [1.82, 2.24) is 4.90 Å². The van der Waals surface area contributed by atoms with Gasteiger partial charge < -0.3 is 30.4 Å². The van der Waals surface area contributed by atoms with Crippen LogP contribution >= 0.6 is 0 Å². The minimum absolute atomic E-state index is 0.0636. The first-order chi connectivity index (χ1) is 19.2. The van der Waals surface area contributed by atoms with Crippen LogP contribution in [0.2, 0.25) is 0 Å². The lowest BCUT2D eigenvalue weighted by atomic mass is 9.88. The number of carbonyl (C=O) groups is 2. The average Bonchev–Trinajstić information content (AvgIpc) is 3.21. The van der Waals surface area contributed by atoms with Crippen molar-refractivity contribution in [2.75, 3.05) is 7.05 Å². The molecule has 5 atom stereocenters. The molecule has 1 fully saturated rings. The average molecular weight is 554 g/mol. The molecule has 0 radical (unpaired) electrons. The number of hydrogen-bond acceptors (Lipinski definition) is 7. The number of rotatable bonds is 15. The normalized spacial score (nSPS) is 20.6. The Hall–Kier alpha value is -3.20. The van der Waals surface area contributed by atoms with Crippen molar-refractivity contribution in [2.45, 2.75) is 82.6 Å². The van der Waals surface area contributed by atoms with Crippen molar-refractivity contribution < 1.29 is 35.1 Å². The van der Waals surface area contributed by atoms with Gasteiger partial charge in [-0.1, -0.05) is 67.8 Å². The molecule has 2 aromatic rings. The molecule has 2 aromatic carbocycles. The summed E-state index contributed by atoms with van der Waals surface area (Å²) in [6, 6.07) is 14.2. The molecule has 218 valence electrons. The maximum absolute atomic E-state index is 12.5. The van der Waals surface area contributed by atoms with Gasteiger partial charge in [0.1, 0.15) is 12.0 Å². The second-order valence-corrected chi connectivity index (χ2v) is 10.9. The molecule has 3 rings (SSSR count). The standard InChI is InChI=1S/C32H43NO7/c1-33(32(40)20-23-14-18-27(35)30(38)19-23)31(39)12-8-3-2-7-11-25-26(29(37)21-28(25)36)17-16-24(34)15-13-22-9-5-4-6-10-22/h4-6,9-10,14,16-19,24-26,29,32,34-35,37-38,40H,2-3,7-8,11-13,15,20-21H2,1H3/b17-16+/t24-,25+,26+,29+,32?/m0/s1.